The van der Waals surface area contributed by atoms with Crippen LogP contribution in [-0.2, 0) is 9.53 Å². The van der Waals surface area contributed by atoms with Crippen LogP contribution in [0.2, 0.25) is 0 Å². The van der Waals surface area contributed by atoms with Crippen LogP contribution in [0, 0.1) is 11.8 Å². The molecule has 0 radical (unpaired) electrons. The summed E-state index contributed by atoms with van der Waals surface area (Å²) >= 11 is 0. The molecule has 2 heteroatoms. The topological polar surface area (TPSA) is 26.3 Å². The highest BCUT2D eigenvalue weighted by atomic mass is 16.5. The van der Waals surface area contributed by atoms with Crippen molar-refractivity contribution in [1.82, 2.24) is 0 Å². The monoisotopic (exact) mass is 168 g/mol. The zero-order valence-corrected chi connectivity index (χ0v) is 7.80. The van der Waals surface area contributed by atoms with Gasteiger partial charge >= 0.3 is 0 Å². The number of ketones is 1. The number of allylic oxidation sites excluding steroid dienone is 1. The highest BCUT2D eigenvalue weighted by molar-refractivity contribution is 5.81. The van der Waals surface area contributed by atoms with E-state index in [1.807, 2.05) is 13.8 Å². The second-order valence-electron chi connectivity index (χ2n) is 3.65. The molecule has 1 saturated carbocycles. The van der Waals surface area contributed by atoms with Crippen molar-refractivity contribution in [2.24, 2.45) is 11.8 Å². The summed E-state index contributed by atoms with van der Waals surface area (Å²) in [5.74, 6) is 1.54. The molecular formula is C10H16O2. The van der Waals surface area contributed by atoms with Gasteiger partial charge in [0.2, 0.25) is 0 Å². The lowest BCUT2D eigenvalue weighted by atomic mass is 10.1. The van der Waals surface area contributed by atoms with Crippen molar-refractivity contribution in [3.63, 3.8) is 0 Å². The van der Waals surface area contributed by atoms with E-state index in [4.69, 9.17) is 4.74 Å². The van der Waals surface area contributed by atoms with Crippen molar-refractivity contribution in [3.05, 3.63) is 12.3 Å². The minimum absolute atomic E-state index is 0.0667. The molecule has 0 aliphatic heterocycles. The molecule has 1 fully saturated rings. The first-order valence-corrected chi connectivity index (χ1v) is 4.45. The fraction of sp³-hybridized carbons (Fsp3) is 0.700. The Morgan fingerprint density at radius 1 is 1.58 bits per heavy atom. The number of ether oxygens (including phenoxy) is 1. The molecule has 68 valence electrons. The van der Waals surface area contributed by atoms with Crippen molar-refractivity contribution in [1.29, 1.82) is 0 Å². The second kappa shape index (κ2) is 3.74. The molecule has 1 aliphatic rings. The van der Waals surface area contributed by atoms with Crippen molar-refractivity contribution >= 4 is 5.78 Å². The van der Waals surface area contributed by atoms with E-state index in [1.54, 1.807) is 0 Å². The van der Waals surface area contributed by atoms with Crippen LogP contribution in [0.4, 0.5) is 0 Å². The minimum atomic E-state index is 0.0667. The third kappa shape index (κ3) is 2.68. The molecule has 0 amide bonds. The summed E-state index contributed by atoms with van der Waals surface area (Å²) in [6.45, 7) is 7.74. The number of rotatable bonds is 5. The summed E-state index contributed by atoms with van der Waals surface area (Å²) in [6.07, 6.45) is 2.35. The number of carbonyl (C=O) groups excluding carboxylic acids is 1. The van der Waals surface area contributed by atoms with Crippen LogP contribution in [0.1, 0.15) is 26.7 Å². The summed E-state index contributed by atoms with van der Waals surface area (Å²) in [4.78, 5) is 11.1. The number of hydrogen-bond donors (Lipinski definition) is 0. The summed E-state index contributed by atoms with van der Waals surface area (Å²) < 4.78 is 5.24. The molecule has 2 nitrogen and oxygen atoms in total. The van der Waals surface area contributed by atoms with E-state index in [9.17, 15) is 4.79 Å². The zero-order valence-electron chi connectivity index (χ0n) is 7.80. The van der Waals surface area contributed by atoms with E-state index in [0.29, 0.717) is 5.92 Å². The lowest BCUT2D eigenvalue weighted by Crippen LogP contribution is -2.14. The Balaban J connectivity index is 2.15. The molecule has 0 aromatic carbocycles. The predicted molar refractivity (Wildman–Crippen MR) is 47.7 cm³/mol. The van der Waals surface area contributed by atoms with Crippen molar-refractivity contribution in [2.75, 3.05) is 6.61 Å². The maximum absolute atomic E-state index is 11.1. The van der Waals surface area contributed by atoms with Crippen LogP contribution in [0.25, 0.3) is 0 Å². The van der Waals surface area contributed by atoms with Gasteiger partial charge in [-0.25, -0.2) is 0 Å². The van der Waals surface area contributed by atoms with Crippen LogP contribution in [-0.4, -0.2) is 12.4 Å². The average Bonchev–Trinajstić information content (AvgIpc) is 2.81. The van der Waals surface area contributed by atoms with Gasteiger partial charge in [0.1, 0.15) is 6.61 Å². The molecule has 12 heavy (non-hydrogen) atoms. The maximum Gasteiger partial charge on any atom is 0.172 e. The Morgan fingerprint density at radius 3 is 2.58 bits per heavy atom. The van der Waals surface area contributed by atoms with E-state index < -0.39 is 0 Å². The largest absolute Gasteiger partial charge is 0.491 e. The van der Waals surface area contributed by atoms with Gasteiger partial charge < -0.3 is 4.74 Å². The van der Waals surface area contributed by atoms with Crippen LogP contribution < -0.4 is 0 Å². The summed E-state index contributed by atoms with van der Waals surface area (Å²) in [5.41, 5.74) is 0. The Morgan fingerprint density at radius 2 is 2.17 bits per heavy atom. The molecule has 0 atom stereocenters. The van der Waals surface area contributed by atoms with Crippen molar-refractivity contribution in [3.8, 4) is 0 Å². The molecule has 0 bridgehead atoms. The highest BCUT2D eigenvalue weighted by Gasteiger charge is 2.26. The number of carbonyl (C=O) groups is 1. The van der Waals surface area contributed by atoms with E-state index in [-0.39, 0.29) is 18.3 Å². The van der Waals surface area contributed by atoms with Gasteiger partial charge in [-0.15, -0.1) is 0 Å². The fourth-order valence-electron chi connectivity index (χ4n) is 0.854. The SMILES string of the molecule is C=C(OCC(=O)C(C)C)C1CC1. The first-order valence-electron chi connectivity index (χ1n) is 4.45. The van der Waals surface area contributed by atoms with Crippen LogP contribution in [0.3, 0.4) is 0 Å². The smallest absolute Gasteiger partial charge is 0.172 e. The Labute approximate surface area is 73.6 Å². The van der Waals surface area contributed by atoms with Gasteiger partial charge in [0, 0.05) is 11.8 Å². The van der Waals surface area contributed by atoms with E-state index in [1.165, 1.54) is 12.8 Å². The van der Waals surface area contributed by atoms with Gasteiger partial charge in [0.05, 0.1) is 5.76 Å². The molecule has 0 aromatic rings. The van der Waals surface area contributed by atoms with Gasteiger partial charge in [-0.05, 0) is 12.8 Å². The highest BCUT2D eigenvalue weighted by Crippen LogP contribution is 2.35. The van der Waals surface area contributed by atoms with E-state index >= 15 is 0 Å². The molecule has 0 spiro atoms. The lowest BCUT2D eigenvalue weighted by molar-refractivity contribution is -0.125. The number of Topliss-reactive ketones (excluding diaryl/α,β-unsaturated/α-hetero) is 1. The average molecular weight is 168 g/mol. The van der Waals surface area contributed by atoms with E-state index in [2.05, 4.69) is 6.58 Å². The zero-order chi connectivity index (χ0) is 9.14. The van der Waals surface area contributed by atoms with Crippen LogP contribution in [0.15, 0.2) is 12.3 Å². The van der Waals surface area contributed by atoms with Gasteiger partial charge in [-0.1, -0.05) is 20.4 Å². The second-order valence-corrected chi connectivity index (χ2v) is 3.65. The normalized spacial score (nSPS) is 16.2. The predicted octanol–water partition coefficient (Wildman–Crippen LogP) is 2.15. The van der Waals surface area contributed by atoms with E-state index in [0.717, 1.165) is 5.76 Å². The Hall–Kier alpha value is -0.790. The Kier molecular flexibility index (Phi) is 2.90. The van der Waals surface area contributed by atoms with Crippen molar-refractivity contribution in [2.45, 2.75) is 26.7 Å². The Bertz CT molecular complexity index is 176. The third-order valence-electron chi connectivity index (χ3n) is 2.08. The van der Waals surface area contributed by atoms with Gasteiger partial charge in [-0.3, -0.25) is 4.79 Å². The minimum Gasteiger partial charge on any atom is -0.491 e. The molecule has 1 rings (SSSR count). The standard InChI is InChI=1S/C10H16O2/c1-7(2)10(11)6-12-8(3)9-4-5-9/h7,9H,3-6H2,1-2H3. The van der Waals surface area contributed by atoms with Crippen LogP contribution >= 0.6 is 0 Å². The van der Waals surface area contributed by atoms with Gasteiger partial charge in [0.15, 0.2) is 5.78 Å². The third-order valence-corrected chi connectivity index (χ3v) is 2.08. The van der Waals surface area contributed by atoms with Gasteiger partial charge in [-0.2, -0.15) is 0 Å². The quantitative estimate of drug-likeness (QED) is 0.588. The summed E-state index contributed by atoms with van der Waals surface area (Å²) in [6, 6.07) is 0. The summed E-state index contributed by atoms with van der Waals surface area (Å²) in [5, 5.41) is 0. The maximum atomic E-state index is 11.1. The molecule has 0 N–H and O–H groups in total. The molecule has 0 unspecified atom stereocenters. The fourth-order valence-corrected chi connectivity index (χ4v) is 0.854. The molecule has 0 saturated heterocycles. The molecule has 0 aromatic heterocycles. The van der Waals surface area contributed by atoms with Gasteiger partial charge in [0.25, 0.3) is 0 Å². The number of hydrogen-bond acceptors (Lipinski definition) is 2. The first kappa shape index (κ1) is 9.30. The summed E-state index contributed by atoms with van der Waals surface area (Å²) in [7, 11) is 0. The van der Waals surface area contributed by atoms with Crippen LogP contribution in [0.5, 0.6) is 0 Å². The molecular weight excluding hydrogens is 152 g/mol. The molecule has 1 aliphatic carbocycles. The van der Waals surface area contributed by atoms with Crippen molar-refractivity contribution < 1.29 is 9.53 Å². The first-order chi connectivity index (χ1) is 5.61. The lowest BCUT2D eigenvalue weighted by Gasteiger charge is -2.08. The molecule has 0 heterocycles.